The summed E-state index contributed by atoms with van der Waals surface area (Å²) in [6.07, 6.45) is 1.37. The molecular formula is C23H32N2O4S. The van der Waals surface area contributed by atoms with Gasteiger partial charge in [0.15, 0.2) is 0 Å². The molecule has 3 rings (SSSR count). The van der Waals surface area contributed by atoms with E-state index >= 15 is 0 Å². The topological polar surface area (TPSA) is 78.9 Å². The summed E-state index contributed by atoms with van der Waals surface area (Å²) >= 11 is 0. The number of nitrogens with one attached hydrogen (secondary N) is 1. The van der Waals surface area contributed by atoms with Crippen molar-refractivity contribution in [1.82, 2.24) is 9.62 Å². The van der Waals surface area contributed by atoms with Crippen LogP contribution in [0.2, 0.25) is 0 Å². The smallest absolute Gasteiger partial charge is 0.240 e. The van der Waals surface area contributed by atoms with Crippen LogP contribution in [0.4, 0.5) is 0 Å². The summed E-state index contributed by atoms with van der Waals surface area (Å²) in [6.45, 7) is 6.75. The number of aliphatic hydroxyl groups is 1. The first kappa shape index (κ1) is 22.7. The van der Waals surface area contributed by atoms with Gasteiger partial charge in [-0.15, -0.1) is 0 Å². The summed E-state index contributed by atoms with van der Waals surface area (Å²) in [5.74, 6) is 1.02. The fourth-order valence-electron chi connectivity index (χ4n) is 3.77. The van der Waals surface area contributed by atoms with Gasteiger partial charge in [0.1, 0.15) is 18.5 Å². The van der Waals surface area contributed by atoms with Crippen molar-refractivity contribution in [2.75, 3.05) is 32.8 Å². The van der Waals surface area contributed by atoms with E-state index in [2.05, 4.69) is 9.62 Å². The van der Waals surface area contributed by atoms with Crippen molar-refractivity contribution >= 4 is 10.0 Å². The first-order chi connectivity index (χ1) is 14.3. The molecule has 2 N–H and O–H groups in total. The Morgan fingerprint density at radius 2 is 1.90 bits per heavy atom. The lowest BCUT2D eigenvalue weighted by molar-refractivity contribution is 0.0522. The SMILES string of the molecule is Cc1ccc(S(=O)(=O)NCC2CCCN(CC(O)COc3ccccc3C)C2)cc1. The van der Waals surface area contributed by atoms with E-state index in [1.807, 2.05) is 38.1 Å². The van der Waals surface area contributed by atoms with E-state index in [0.29, 0.717) is 18.0 Å². The van der Waals surface area contributed by atoms with Gasteiger partial charge in [0, 0.05) is 19.6 Å². The lowest BCUT2D eigenvalue weighted by Crippen LogP contribution is -2.44. The molecule has 0 saturated carbocycles. The van der Waals surface area contributed by atoms with Gasteiger partial charge in [-0.05, 0) is 62.9 Å². The molecule has 0 aliphatic carbocycles. The number of hydrogen-bond acceptors (Lipinski definition) is 5. The number of β-amino-alcohol motifs (C(OH)–C–C–N with tert-alkyl or cyclic N) is 1. The fourth-order valence-corrected chi connectivity index (χ4v) is 4.88. The molecule has 164 valence electrons. The predicted molar refractivity (Wildman–Crippen MR) is 118 cm³/mol. The van der Waals surface area contributed by atoms with Crippen LogP contribution in [0.15, 0.2) is 53.4 Å². The average molecular weight is 433 g/mol. The predicted octanol–water partition coefficient (Wildman–Crippen LogP) is 2.73. The molecule has 0 bridgehead atoms. The lowest BCUT2D eigenvalue weighted by atomic mass is 9.98. The van der Waals surface area contributed by atoms with Gasteiger partial charge in [-0.3, -0.25) is 0 Å². The van der Waals surface area contributed by atoms with E-state index in [4.69, 9.17) is 4.74 Å². The Balaban J connectivity index is 1.45. The van der Waals surface area contributed by atoms with Crippen molar-refractivity contribution in [2.45, 2.75) is 37.7 Å². The Morgan fingerprint density at radius 3 is 2.63 bits per heavy atom. The van der Waals surface area contributed by atoms with Gasteiger partial charge in [-0.2, -0.15) is 0 Å². The number of sulfonamides is 1. The van der Waals surface area contributed by atoms with Gasteiger partial charge in [0.05, 0.1) is 4.90 Å². The van der Waals surface area contributed by atoms with Crippen LogP contribution in [-0.4, -0.2) is 57.3 Å². The highest BCUT2D eigenvalue weighted by Gasteiger charge is 2.24. The Bertz CT molecular complexity index is 915. The molecule has 0 radical (unpaired) electrons. The van der Waals surface area contributed by atoms with E-state index in [1.54, 1.807) is 24.3 Å². The van der Waals surface area contributed by atoms with Crippen LogP contribution in [0, 0.1) is 19.8 Å². The first-order valence-electron chi connectivity index (χ1n) is 10.5. The number of hydrogen-bond donors (Lipinski definition) is 2. The summed E-state index contributed by atoms with van der Waals surface area (Å²) in [4.78, 5) is 2.49. The molecule has 1 heterocycles. The van der Waals surface area contributed by atoms with Crippen molar-refractivity contribution < 1.29 is 18.3 Å². The van der Waals surface area contributed by atoms with Crippen LogP contribution in [0.1, 0.15) is 24.0 Å². The van der Waals surface area contributed by atoms with Gasteiger partial charge < -0.3 is 14.7 Å². The molecule has 2 unspecified atom stereocenters. The zero-order valence-corrected chi connectivity index (χ0v) is 18.6. The van der Waals surface area contributed by atoms with Gasteiger partial charge >= 0.3 is 0 Å². The number of benzene rings is 2. The molecular weight excluding hydrogens is 400 g/mol. The maximum Gasteiger partial charge on any atom is 0.240 e. The summed E-state index contributed by atoms with van der Waals surface area (Å²) < 4.78 is 33.5. The molecule has 1 saturated heterocycles. The Morgan fingerprint density at radius 1 is 1.17 bits per heavy atom. The molecule has 6 nitrogen and oxygen atoms in total. The van der Waals surface area contributed by atoms with Crippen LogP contribution in [-0.2, 0) is 10.0 Å². The van der Waals surface area contributed by atoms with Gasteiger partial charge in [0.25, 0.3) is 0 Å². The summed E-state index contributed by atoms with van der Waals surface area (Å²) in [7, 11) is -3.50. The minimum Gasteiger partial charge on any atom is -0.491 e. The largest absolute Gasteiger partial charge is 0.491 e. The Kier molecular flexibility index (Phi) is 7.88. The van der Waals surface area contributed by atoms with Crippen molar-refractivity contribution in [2.24, 2.45) is 5.92 Å². The molecule has 7 heteroatoms. The van der Waals surface area contributed by atoms with Gasteiger partial charge in [-0.25, -0.2) is 13.1 Å². The fraction of sp³-hybridized carbons (Fsp3) is 0.478. The van der Waals surface area contributed by atoms with Crippen LogP contribution < -0.4 is 9.46 Å². The normalized spacial score (nSPS) is 18.8. The number of aryl methyl sites for hydroxylation is 2. The number of piperidine rings is 1. The van der Waals surface area contributed by atoms with Crippen molar-refractivity contribution in [3.63, 3.8) is 0 Å². The highest BCUT2D eigenvalue weighted by Crippen LogP contribution is 2.19. The zero-order chi connectivity index (χ0) is 21.6. The van der Waals surface area contributed by atoms with Crippen LogP contribution >= 0.6 is 0 Å². The molecule has 0 amide bonds. The van der Waals surface area contributed by atoms with E-state index in [0.717, 1.165) is 42.8 Å². The zero-order valence-electron chi connectivity index (χ0n) is 17.8. The van der Waals surface area contributed by atoms with E-state index in [9.17, 15) is 13.5 Å². The van der Waals surface area contributed by atoms with Crippen LogP contribution in [0.5, 0.6) is 5.75 Å². The molecule has 2 aromatic carbocycles. The molecule has 0 aromatic heterocycles. The number of ether oxygens (including phenoxy) is 1. The van der Waals surface area contributed by atoms with E-state index < -0.39 is 16.1 Å². The summed E-state index contributed by atoms with van der Waals surface area (Å²) in [5.41, 5.74) is 2.07. The monoisotopic (exact) mass is 432 g/mol. The van der Waals surface area contributed by atoms with E-state index in [1.165, 1.54) is 0 Å². The third-order valence-corrected chi connectivity index (χ3v) is 6.93. The lowest BCUT2D eigenvalue weighted by Gasteiger charge is -2.34. The highest BCUT2D eigenvalue weighted by molar-refractivity contribution is 7.89. The first-order valence-corrected chi connectivity index (χ1v) is 12.0. The van der Waals surface area contributed by atoms with Crippen LogP contribution in [0.3, 0.4) is 0 Å². The number of para-hydroxylation sites is 1. The molecule has 0 spiro atoms. The number of nitrogens with zero attached hydrogens (tertiary/aromatic N) is 1. The quantitative estimate of drug-likeness (QED) is 0.637. The summed E-state index contributed by atoms with van der Waals surface area (Å²) in [6, 6.07) is 14.6. The molecule has 30 heavy (non-hydrogen) atoms. The van der Waals surface area contributed by atoms with E-state index in [-0.39, 0.29) is 12.5 Å². The maximum absolute atomic E-state index is 12.5. The second-order valence-corrected chi connectivity index (χ2v) is 9.93. The third-order valence-electron chi connectivity index (χ3n) is 5.49. The van der Waals surface area contributed by atoms with Gasteiger partial charge in [-0.1, -0.05) is 35.9 Å². The second kappa shape index (κ2) is 10.4. The average Bonchev–Trinajstić information content (AvgIpc) is 2.72. The highest BCUT2D eigenvalue weighted by atomic mass is 32.2. The molecule has 2 aromatic rings. The maximum atomic E-state index is 12.5. The number of rotatable bonds is 9. The van der Waals surface area contributed by atoms with Crippen LogP contribution in [0.25, 0.3) is 0 Å². The number of likely N-dealkylation sites (tertiary alicyclic amines) is 1. The Labute approximate surface area is 179 Å². The second-order valence-electron chi connectivity index (χ2n) is 8.16. The number of aliphatic hydroxyl groups excluding tert-OH is 1. The minimum absolute atomic E-state index is 0.225. The molecule has 2 atom stereocenters. The van der Waals surface area contributed by atoms with Crippen molar-refractivity contribution in [3.05, 3.63) is 59.7 Å². The van der Waals surface area contributed by atoms with Crippen molar-refractivity contribution in [1.29, 1.82) is 0 Å². The molecule has 1 fully saturated rings. The Hall–Kier alpha value is -1.93. The minimum atomic E-state index is -3.50. The molecule has 1 aliphatic heterocycles. The van der Waals surface area contributed by atoms with Gasteiger partial charge in [0.2, 0.25) is 10.0 Å². The van der Waals surface area contributed by atoms with Crippen molar-refractivity contribution in [3.8, 4) is 5.75 Å². The standard InChI is InChI=1S/C23H32N2O4S/c1-18-9-11-22(12-10-18)30(27,28)24-14-20-7-5-13-25(15-20)16-21(26)17-29-23-8-4-3-6-19(23)2/h3-4,6,8-12,20-21,24,26H,5,7,13-17H2,1-2H3. The summed E-state index contributed by atoms with van der Waals surface area (Å²) in [5, 5.41) is 10.4. The molecule has 1 aliphatic rings. The third kappa shape index (κ3) is 6.54.